The van der Waals surface area contributed by atoms with Gasteiger partial charge in [0.15, 0.2) is 0 Å². The van der Waals surface area contributed by atoms with Crippen molar-refractivity contribution >= 4 is 34.7 Å². The van der Waals surface area contributed by atoms with Crippen LogP contribution in [0.3, 0.4) is 0 Å². The third-order valence-electron chi connectivity index (χ3n) is 3.43. The summed E-state index contributed by atoms with van der Waals surface area (Å²) in [4.78, 5) is 8.68. The number of nitrogens with one attached hydrogen (secondary N) is 2. The first-order chi connectivity index (χ1) is 12.2. The maximum Gasteiger partial charge on any atom is 0.229 e. The first-order valence-electron chi connectivity index (χ1n) is 7.53. The molecule has 0 amide bonds. The molecule has 6 nitrogen and oxygen atoms in total. The third kappa shape index (κ3) is 4.10. The standard InChI is InChI=1S/C18H17ClN4O2/c1-24-15-8-7-12(11-13(15)19)21-17-9-10-20-18(23-17)22-14-5-3-4-6-16(14)25-2/h3-11H,1-2H3,(H2,20,21,22,23). The molecule has 2 aromatic carbocycles. The highest BCUT2D eigenvalue weighted by atomic mass is 35.5. The molecule has 0 unspecified atom stereocenters. The van der Waals surface area contributed by atoms with E-state index >= 15 is 0 Å². The van der Waals surface area contributed by atoms with Crippen LogP contribution in [0.25, 0.3) is 0 Å². The van der Waals surface area contributed by atoms with Gasteiger partial charge in [-0.1, -0.05) is 23.7 Å². The molecule has 0 aliphatic heterocycles. The van der Waals surface area contributed by atoms with Crippen LogP contribution in [0.1, 0.15) is 0 Å². The second-order valence-corrected chi connectivity index (χ2v) is 5.47. The Morgan fingerprint density at radius 1 is 0.920 bits per heavy atom. The van der Waals surface area contributed by atoms with Crippen molar-refractivity contribution in [1.29, 1.82) is 0 Å². The largest absolute Gasteiger partial charge is 0.495 e. The smallest absolute Gasteiger partial charge is 0.229 e. The average Bonchev–Trinajstić information content (AvgIpc) is 2.63. The molecule has 0 bridgehead atoms. The minimum Gasteiger partial charge on any atom is -0.495 e. The van der Waals surface area contributed by atoms with Crippen LogP contribution in [0.15, 0.2) is 54.7 Å². The van der Waals surface area contributed by atoms with Crippen molar-refractivity contribution in [3.05, 3.63) is 59.8 Å². The molecule has 3 aromatic rings. The Morgan fingerprint density at radius 2 is 1.72 bits per heavy atom. The van der Waals surface area contributed by atoms with Gasteiger partial charge in [0.2, 0.25) is 5.95 Å². The van der Waals surface area contributed by atoms with E-state index in [9.17, 15) is 0 Å². The number of benzene rings is 2. The summed E-state index contributed by atoms with van der Waals surface area (Å²) in [6.45, 7) is 0. The van der Waals surface area contributed by atoms with Gasteiger partial charge in [0.05, 0.1) is 24.9 Å². The highest BCUT2D eigenvalue weighted by Gasteiger charge is 2.06. The zero-order chi connectivity index (χ0) is 17.6. The summed E-state index contributed by atoms with van der Waals surface area (Å²) < 4.78 is 10.5. The molecule has 7 heteroatoms. The summed E-state index contributed by atoms with van der Waals surface area (Å²) >= 11 is 6.14. The van der Waals surface area contributed by atoms with Crippen LogP contribution in [0.2, 0.25) is 5.02 Å². The van der Waals surface area contributed by atoms with E-state index in [1.54, 1.807) is 38.6 Å². The SMILES string of the molecule is COc1ccc(Nc2ccnc(Nc3ccccc3OC)n2)cc1Cl. The van der Waals surface area contributed by atoms with Crippen LogP contribution in [0, 0.1) is 0 Å². The van der Waals surface area contributed by atoms with E-state index in [2.05, 4.69) is 20.6 Å². The quantitative estimate of drug-likeness (QED) is 0.671. The molecule has 0 saturated heterocycles. The Labute approximate surface area is 150 Å². The Kier molecular flexibility index (Phi) is 5.20. The fourth-order valence-corrected chi connectivity index (χ4v) is 2.51. The molecule has 0 atom stereocenters. The molecule has 3 rings (SSSR count). The van der Waals surface area contributed by atoms with E-state index in [0.717, 1.165) is 11.4 Å². The van der Waals surface area contributed by atoms with Crippen LogP contribution in [-0.4, -0.2) is 24.2 Å². The number of hydrogen-bond donors (Lipinski definition) is 2. The van der Waals surface area contributed by atoms with Gasteiger partial charge in [-0.15, -0.1) is 0 Å². The second kappa shape index (κ2) is 7.72. The predicted molar refractivity (Wildman–Crippen MR) is 99.6 cm³/mol. The predicted octanol–water partition coefficient (Wildman–Crippen LogP) is 4.63. The van der Waals surface area contributed by atoms with Gasteiger partial charge in [-0.05, 0) is 36.4 Å². The number of hydrogen-bond acceptors (Lipinski definition) is 6. The number of para-hydroxylation sites is 2. The number of rotatable bonds is 6. The van der Waals surface area contributed by atoms with Crippen molar-refractivity contribution in [2.75, 3.05) is 24.9 Å². The Bertz CT molecular complexity index is 873. The minimum absolute atomic E-state index is 0.453. The lowest BCUT2D eigenvalue weighted by atomic mass is 10.3. The fraction of sp³-hybridized carbons (Fsp3) is 0.111. The van der Waals surface area contributed by atoms with Gasteiger partial charge in [-0.25, -0.2) is 4.98 Å². The molecule has 1 heterocycles. The van der Waals surface area contributed by atoms with E-state index in [4.69, 9.17) is 21.1 Å². The Morgan fingerprint density at radius 3 is 2.48 bits per heavy atom. The molecular weight excluding hydrogens is 340 g/mol. The Balaban J connectivity index is 1.78. The summed E-state index contributed by atoms with van der Waals surface area (Å²) in [6, 6.07) is 14.8. The molecule has 1 aromatic heterocycles. The van der Waals surface area contributed by atoms with Crippen LogP contribution in [-0.2, 0) is 0 Å². The van der Waals surface area contributed by atoms with Crippen LogP contribution < -0.4 is 20.1 Å². The molecule has 25 heavy (non-hydrogen) atoms. The number of ether oxygens (including phenoxy) is 2. The zero-order valence-electron chi connectivity index (χ0n) is 13.8. The molecule has 0 spiro atoms. The normalized spacial score (nSPS) is 10.2. The van der Waals surface area contributed by atoms with Crippen molar-refractivity contribution in [3.8, 4) is 11.5 Å². The minimum atomic E-state index is 0.453. The number of aromatic nitrogens is 2. The van der Waals surface area contributed by atoms with Crippen molar-refractivity contribution in [2.24, 2.45) is 0 Å². The summed E-state index contributed by atoms with van der Waals surface area (Å²) in [5.74, 6) is 2.42. The molecule has 0 radical (unpaired) electrons. The van der Waals surface area contributed by atoms with Gasteiger partial charge in [-0.2, -0.15) is 4.98 Å². The topological polar surface area (TPSA) is 68.3 Å². The molecule has 2 N–H and O–H groups in total. The van der Waals surface area contributed by atoms with Gasteiger partial charge < -0.3 is 20.1 Å². The van der Waals surface area contributed by atoms with Gasteiger partial charge in [0.25, 0.3) is 0 Å². The van der Waals surface area contributed by atoms with Crippen molar-refractivity contribution in [3.63, 3.8) is 0 Å². The number of halogens is 1. The van der Waals surface area contributed by atoms with Gasteiger partial charge in [0.1, 0.15) is 17.3 Å². The average molecular weight is 357 g/mol. The van der Waals surface area contributed by atoms with Crippen molar-refractivity contribution < 1.29 is 9.47 Å². The van der Waals surface area contributed by atoms with E-state index < -0.39 is 0 Å². The van der Waals surface area contributed by atoms with Crippen LogP contribution in [0.4, 0.5) is 23.1 Å². The first-order valence-corrected chi connectivity index (χ1v) is 7.91. The van der Waals surface area contributed by atoms with Crippen molar-refractivity contribution in [1.82, 2.24) is 9.97 Å². The van der Waals surface area contributed by atoms with E-state index in [0.29, 0.717) is 28.3 Å². The maximum atomic E-state index is 6.14. The number of anilines is 4. The third-order valence-corrected chi connectivity index (χ3v) is 3.73. The van der Waals surface area contributed by atoms with Gasteiger partial charge >= 0.3 is 0 Å². The Hall–Kier alpha value is -2.99. The lowest BCUT2D eigenvalue weighted by Gasteiger charge is -2.11. The van der Waals surface area contributed by atoms with Crippen LogP contribution in [0.5, 0.6) is 11.5 Å². The van der Waals surface area contributed by atoms with E-state index in [1.807, 2.05) is 30.3 Å². The fourth-order valence-electron chi connectivity index (χ4n) is 2.25. The van der Waals surface area contributed by atoms with E-state index in [-0.39, 0.29) is 0 Å². The summed E-state index contributed by atoms with van der Waals surface area (Å²) in [7, 11) is 3.20. The lowest BCUT2D eigenvalue weighted by molar-refractivity contribution is 0.415. The summed E-state index contributed by atoms with van der Waals surface area (Å²) in [5.41, 5.74) is 1.59. The molecule has 0 fully saturated rings. The molecule has 0 aliphatic carbocycles. The molecule has 0 saturated carbocycles. The molecular formula is C18H17ClN4O2. The highest BCUT2D eigenvalue weighted by molar-refractivity contribution is 6.32. The molecule has 0 aliphatic rings. The first kappa shape index (κ1) is 16.9. The summed E-state index contributed by atoms with van der Waals surface area (Å²) in [6.07, 6.45) is 1.66. The number of nitrogens with zero attached hydrogens (tertiary/aromatic N) is 2. The maximum absolute atomic E-state index is 6.14. The highest BCUT2D eigenvalue weighted by Crippen LogP contribution is 2.29. The van der Waals surface area contributed by atoms with Crippen molar-refractivity contribution in [2.45, 2.75) is 0 Å². The van der Waals surface area contributed by atoms with Gasteiger partial charge in [0, 0.05) is 11.9 Å². The van der Waals surface area contributed by atoms with Gasteiger partial charge in [-0.3, -0.25) is 0 Å². The van der Waals surface area contributed by atoms with Crippen LogP contribution >= 0.6 is 11.6 Å². The number of methoxy groups -OCH3 is 2. The zero-order valence-corrected chi connectivity index (χ0v) is 14.5. The van der Waals surface area contributed by atoms with E-state index in [1.165, 1.54) is 0 Å². The molecule has 128 valence electrons. The monoisotopic (exact) mass is 356 g/mol. The second-order valence-electron chi connectivity index (χ2n) is 5.07. The summed E-state index contributed by atoms with van der Waals surface area (Å²) in [5, 5.41) is 6.86. The lowest BCUT2D eigenvalue weighted by Crippen LogP contribution is -2.01.